The fourth-order valence-electron chi connectivity index (χ4n) is 5.72. The van der Waals surface area contributed by atoms with Crippen LogP contribution in [-0.2, 0) is 23.1 Å². The van der Waals surface area contributed by atoms with Gasteiger partial charge in [-0.25, -0.2) is 0 Å². The molecule has 2 atom stereocenters. The quantitative estimate of drug-likeness (QED) is 0.263. The zero-order valence-electron chi connectivity index (χ0n) is 22.5. The lowest BCUT2D eigenvalue weighted by Gasteiger charge is -2.40. The summed E-state index contributed by atoms with van der Waals surface area (Å²) in [4.78, 5) is 29.6. The number of hydrogen-bond donors (Lipinski definition) is 0. The van der Waals surface area contributed by atoms with Gasteiger partial charge in [-0.2, -0.15) is 9.78 Å². The number of hydrogen-bond acceptors (Lipinski definition) is 6. The number of carbonyl (C=O) groups excluding carboxylic acids is 2. The Hall–Kier alpha value is -4.63. The third-order valence-electron chi connectivity index (χ3n) is 7.65. The molecular weight excluding hydrogens is 538 g/mol. The van der Waals surface area contributed by atoms with Gasteiger partial charge in [0.25, 0.3) is 0 Å². The SMILES string of the molecule is Cn1ncc2cc(CC(=O)C3C(c4ccccc4)CCCN3C(=O)/C=C/c3cc(Cl)ccc3-n3cnnn3)ccc21. The first kappa shape index (κ1) is 26.6. The predicted octanol–water partition coefficient (Wildman–Crippen LogP) is 4.80. The summed E-state index contributed by atoms with van der Waals surface area (Å²) in [6.45, 7) is 0.500. The van der Waals surface area contributed by atoms with Crippen LogP contribution in [0.1, 0.15) is 35.4 Å². The van der Waals surface area contributed by atoms with Gasteiger partial charge < -0.3 is 4.90 Å². The van der Waals surface area contributed by atoms with Gasteiger partial charge in [0.2, 0.25) is 5.91 Å². The summed E-state index contributed by atoms with van der Waals surface area (Å²) < 4.78 is 3.32. The Kier molecular flexibility index (Phi) is 7.43. The van der Waals surface area contributed by atoms with Crippen LogP contribution in [0.5, 0.6) is 0 Å². The Balaban J connectivity index is 1.31. The fourth-order valence-corrected chi connectivity index (χ4v) is 5.90. The molecule has 2 aromatic heterocycles. The van der Waals surface area contributed by atoms with E-state index in [9.17, 15) is 9.59 Å². The average Bonchev–Trinajstić information content (AvgIpc) is 3.66. The van der Waals surface area contributed by atoms with E-state index in [0.29, 0.717) is 22.8 Å². The second-order valence-corrected chi connectivity index (χ2v) is 10.7. The highest BCUT2D eigenvalue weighted by molar-refractivity contribution is 6.30. The molecule has 9 nitrogen and oxygen atoms in total. The molecule has 206 valence electrons. The van der Waals surface area contributed by atoms with E-state index in [2.05, 4.69) is 20.6 Å². The van der Waals surface area contributed by atoms with Gasteiger partial charge in [-0.1, -0.05) is 48.0 Å². The summed E-state index contributed by atoms with van der Waals surface area (Å²) in [5.74, 6) is -0.310. The summed E-state index contributed by atoms with van der Waals surface area (Å²) in [5, 5.41) is 17.2. The minimum absolute atomic E-state index is 0.0145. The van der Waals surface area contributed by atoms with Crippen LogP contribution >= 0.6 is 11.6 Å². The monoisotopic (exact) mass is 565 g/mol. The number of rotatable bonds is 7. The molecule has 6 rings (SSSR count). The summed E-state index contributed by atoms with van der Waals surface area (Å²) in [7, 11) is 1.89. The van der Waals surface area contributed by atoms with Gasteiger partial charge in [-0.05, 0) is 70.8 Å². The number of carbonyl (C=O) groups is 2. The standard InChI is InChI=1S/C31H28ClN7O2/c1-37-27-12-9-21(16-24(27)19-34-37)17-29(40)31-26(22-6-3-2-4-7-22)8-5-15-38(31)30(41)14-10-23-18-25(32)11-13-28(23)39-20-33-35-36-39/h2-4,6-7,9-14,16,18-20,26,31H,5,8,15,17H2,1H3/b14-10+. The van der Waals surface area contributed by atoms with Crippen LogP contribution in [-0.4, -0.2) is 59.2 Å². The van der Waals surface area contributed by atoms with Crippen molar-refractivity contribution in [2.45, 2.75) is 31.2 Å². The Morgan fingerprint density at radius 3 is 2.73 bits per heavy atom. The van der Waals surface area contributed by atoms with Gasteiger partial charge in [0.15, 0.2) is 5.78 Å². The van der Waals surface area contributed by atoms with Gasteiger partial charge in [-0.3, -0.25) is 14.3 Å². The van der Waals surface area contributed by atoms with Crippen molar-refractivity contribution >= 4 is 40.3 Å². The van der Waals surface area contributed by atoms with E-state index in [1.807, 2.05) is 60.3 Å². The minimum Gasteiger partial charge on any atom is -0.328 e. The third-order valence-corrected chi connectivity index (χ3v) is 7.89. The number of aromatic nitrogens is 6. The molecule has 3 aromatic carbocycles. The summed E-state index contributed by atoms with van der Waals surface area (Å²) in [5.41, 5.74) is 4.34. The van der Waals surface area contributed by atoms with E-state index in [1.54, 1.807) is 35.4 Å². The Bertz CT molecular complexity index is 1730. The molecule has 1 aliphatic heterocycles. The zero-order chi connectivity index (χ0) is 28.3. The van der Waals surface area contributed by atoms with Gasteiger partial charge in [0.1, 0.15) is 6.33 Å². The number of piperidine rings is 1. The summed E-state index contributed by atoms with van der Waals surface area (Å²) >= 11 is 6.27. The van der Waals surface area contributed by atoms with Crippen molar-refractivity contribution in [3.8, 4) is 5.69 Å². The number of amides is 1. The molecule has 1 fully saturated rings. The highest BCUT2D eigenvalue weighted by atomic mass is 35.5. The molecule has 0 aliphatic carbocycles. The molecule has 2 unspecified atom stereocenters. The topological polar surface area (TPSA) is 98.8 Å². The van der Waals surface area contributed by atoms with E-state index in [-0.39, 0.29) is 24.0 Å². The molecule has 1 amide bonds. The number of halogens is 1. The predicted molar refractivity (Wildman–Crippen MR) is 157 cm³/mol. The number of Topliss-reactive ketones (excluding diaryl/α,β-unsaturated/α-hetero) is 1. The zero-order valence-corrected chi connectivity index (χ0v) is 23.2. The molecule has 0 radical (unpaired) electrons. The van der Waals surface area contributed by atoms with Crippen molar-refractivity contribution < 1.29 is 9.59 Å². The molecule has 10 heteroatoms. The highest BCUT2D eigenvalue weighted by Gasteiger charge is 2.39. The smallest absolute Gasteiger partial charge is 0.247 e. The molecule has 1 saturated heterocycles. The van der Waals surface area contributed by atoms with Gasteiger partial charge >= 0.3 is 0 Å². The van der Waals surface area contributed by atoms with Gasteiger partial charge in [0, 0.05) is 48.0 Å². The van der Waals surface area contributed by atoms with Crippen molar-refractivity contribution in [1.29, 1.82) is 0 Å². The first-order valence-electron chi connectivity index (χ1n) is 13.5. The van der Waals surface area contributed by atoms with E-state index < -0.39 is 6.04 Å². The number of fused-ring (bicyclic) bond motifs is 1. The van der Waals surface area contributed by atoms with Crippen molar-refractivity contribution in [2.75, 3.05) is 6.54 Å². The van der Waals surface area contributed by atoms with Crippen LogP contribution in [0.3, 0.4) is 0 Å². The Labute approximate surface area is 242 Å². The van der Waals surface area contributed by atoms with Crippen LogP contribution in [0.25, 0.3) is 22.7 Å². The van der Waals surface area contributed by atoms with Crippen LogP contribution in [0.2, 0.25) is 5.02 Å². The molecular formula is C31H28ClN7O2. The van der Waals surface area contributed by atoms with E-state index in [4.69, 9.17) is 11.6 Å². The highest BCUT2D eigenvalue weighted by Crippen LogP contribution is 2.34. The normalized spacial score (nSPS) is 17.4. The molecule has 5 aromatic rings. The first-order valence-corrected chi connectivity index (χ1v) is 13.9. The van der Waals surface area contributed by atoms with Gasteiger partial charge in [0.05, 0.1) is 23.4 Å². The molecule has 0 bridgehead atoms. The number of aryl methyl sites for hydroxylation is 1. The number of nitrogens with zero attached hydrogens (tertiary/aromatic N) is 7. The van der Waals surface area contributed by atoms with E-state index in [0.717, 1.165) is 34.9 Å². The lowest BCUT2D eigenvalue weighted by molar-refractivity contribution is -0.138. The first-order chi connectivity index (χ1) is 20.0. The molecule has 0 spiro atoms. The third kappa shape index (κ3) is 5.53. The second-order valence-electron chi connectivity index (χ2n) is 10.2. The lowest BCUT2D eigenvalue weighted by Crippen LogP contribution is -2.51. The maximum absolute atomic E-state index is 14.1. The van der Waals surface area contributed by atoms with Crippen LogP contribution < -0.4 is 0 Å². The van der Waals surface area contributed by atoms with Crippen LogP contribution in [0.15, 0.2) is 85.3 Å². The minimum atomic E-state index is -0.591. The maximum atomic E-state index is 14.1. The lowest BCUT2D eigenvalue weighted by atomic mass is 9.80. The number of benzene rings is 3. The van der Waals surface area contributed by atoms with E-state index >= 15 is 0 Å². The molecule has 0 N–H and O–H groups in total. The van der Waals surface area contributed by atoms with Crippen LogP contribution in [0, 0.1) is 0 Å². The average molecular weight is 566 g/mol. The molecule has 1 aliphatic rings. The number of tetrazole rings is 1. The molecule has 41 heavy (non-hydrogen) atoms. The molecule has 3 heterocycles. The number of likely N-dealkylation sites (tertiary alicyclic amines) is 1. The van der Waals surface area contributed by atoms with Crippen molar-refractivity contribution in [2.24, 2.45) is 7.05 Å². The summed E-state index contributed by atoms with van der Waals surface area (Å²) in [6, 6.07) is 20.7. The maximum Gasteiger partial charge on any atom is 0.247 e. The largest absolute Gasteiger partial charge is 0.328 e. The Morgan fingerprint density at radius 1 is 1.07 bits per heavy atom. The van der Waals surface area contributed by atoms with Crippen molar-refractivity contribution in [3.63, 3.8) is 0 Å². The van der Waals surface area contributed by atoms with Gasteiger partial charge in [-0.15, -0.1) is 5.10 Å². The van der Waals surface area contributed by atoms with E-state index in [1.165, 1.54) is 17.1 Å². The molecule has 0 saturated carbocycles. The fraction of sp³-hybridized carbons (Fsp3) is 0.226. The van der Waals surface area contributed by atoms with Crippen molar-refractivity contribution in [3.05, 3.63) is 107 Å². The van der Waals surface area contributed by atoms with Crippen LogP contribution in [0.4, 0.5) is 0 Å². The Morgan fingerprint density at radius 2 is 1.93 bits per heavy atom. The number of ketones is 1. The summed E-state index contributed by atoms with van der Waals surface area (Å²) in [6.07, 6.45) is 8.35. The van der Waals surface area contributed by atoms with Crippen molar-refractivity contribution in [1.82, 2.24) is 34.9 Å². The second kappa shape index (κ2) is 11.5.